The lowest BCUT2D eigenvalue weighted by atomic mass is 10.2. The van der Waals surface area contributed by atoms with Crippen LogP contribution in [0.25, 0.3) is 10.6 Å². The summed E-state index contributed by atoms with van der Waals surface area (Å²) < 4.78 is 5.64. The van der Waals surface area contributed by atoms with Crippen LogP contribution in [0.15, 0.2) is 60.0 Å². The monoisotopic (exact) mass is 449 g/mol. The summed E-state index contributed by atoms with van der Waals surface area (Å²) in [6, 6.07) is 17.2. The van der Waals surface area contributed by atoms with Crippen molar-refractivity contribution in [3.63, 3.8) is 0 Å². The highest BCUT2D eigenvalue weighted by atomic mass is 32.1. The highest BCUT2D eigenvalue weighted by molar-refractivity contribution is 7.13. The fourth-order valence-corrected chi connectivity index (χ4v) is 4.70. The Bertz CT molecular complexity index is 1070. The number of benzene rings is 2. The first kappa shape index (κ1) is 22.0. The van der Waals surface area contributed by atoms with Crippen LogP contribution in [0, 0.1) is 6.92 Å². The Morgan fingerprint density at radius 3 is 2.84 bits per heavy atom. The number of thiazole rings is 1. The number of hydrogen-bond donors (Lipinski definition) is 1. The molecule has 3 aromatic rings. The number of ether oxygens (including phenoxy) is 1. The molecule has 1 aromatic heterocycles. The number of rotatable bonds is 8. The van der Waals surface area contributed by atoms with Gasteiger partial charge in [-0.25, -0.2) is 4.98 Å². The van der Waals surface area contributed by atoms with E-state index in [9.17, 15) is 9.59 Å². The van der Waals surface area contributed by atoms with Crippen LogP contribution in [0.4, 0.5) is 0 Å². The molecule has 1 saturated heterocycles. The number of likely N-dealkylation sites (tertiary alicyclic amines) is 1. The SMILES string of the molecule is Cc1cccc(OCC(=O)N2CCC[C@@H]2C(=O)NCCc2csc(-c3ccccc3)n2)c1. The van der Waals surface area contributed by atoms with Gasteiger partial charge < -0.3 is 15.0 Å². The first-order valence-corrected chi connectivity index (χ1v) is 11.7. The number of carbonyl (C=O) groups excluding carboxylic acids is 2. The van der Waals surface area contributed by atoms with Gasteiger partial charge in [-0.15, -0.1) is 11.3 Å². The molecule has 0 radical (unpaired) electrons. The van der Waals surface area contributed by atoms with Gasteiger partial charge in [0.15, 0.2) is 6.61 Å². The van der Waals surface area contributed by atoms with Crippen LogP contribution in [-0.2, 0) is 16.0 Å². The van der Waals surface area contributed by atoms with Crippen LogP contribution in [0.1, 0.15) is 24.1 Å². The third-order valence-corrected chi connectivity index (χ3v) is 6.42. The van der Waals surface area contributed by atoms with E-state index >= 15 is 0 Å². The predicted octanol–water partition coefficient (Wildman–Crippen LogP) is 3.85. The average molecular weight is 450 g/mol. The summed E-state index contributed by atoms with van der Waals surface area (Å²) in [5.74, 6) is 0.401. The average Bonchev–Trinajstić information content (AvgIpc) is 3.48. The second-order valence-electron chi connectivity index (χ2n) is 7.90. The summed E-state index contributed by atoms with van der Waals surface area (Å²) in [6.45, 7) is 2.99. The van der Waals surface area contributed by atoms with Gasteiger partial charge in [-0.3, -0.25) is 9.59 Å². The molecule has 6 nitrogen and oxygen atoms in total. The molecular weight excluding hydrogens is 422 g/mol. The van der Waals surface area contributed by atoms with Crippen molar-refractivity contribution in [1.82, 2.24) is 15.2 Å². The normalized spacial score (nSPS) is 15.5. The molecule has 0 bridgehead atoms. The second kappa shape index (κ2) is 10.4. The summed E-state index contributed by atoms with van der Waals surface area (Å²) >= 11 is 1.60. The molecule has 0 spiro atoms. The van der Waals surface area contributed by atoms with Gasteiger partial charge in [-0.2, -0.15) is 0 Å². The Morgan fingerprint density at radius 2 is 2.03 bits per heavy atom. The fraction of sp³-hybridized carbons (Fsp3) is 0.320. The zero-order chi connectivity index (χ0) is 22.3. The van der Waals surface area contributed by atoms with Gasteiger partial charge in [0.2, 0.25) is 5.91 Å². The van der Waals surface area contributed by atoms with Crippen molar-refractivity contribution in [2.75, 3.05) is 19.7 Å². The van der Waals surface area contributed by atoms with Gasteiger partial charge in [0.1, 0.15) is 16.8 Å². The number of nitrogens with zero attached hydrogens (tertiary/aromatic N) is 2. The van der Waals surface area contributed by atoms with Crippen molar-refractivity contribution in [2.45, 2.75) is 32.2 Å². The van der Waals surface area contributed by atoms with Crippen molar-refractivity contribution < 1.29 is 14.3 Å². The van der Waals surface area contributed by atoms with E-state index in [1.165, 1.54) is 0 Å². The van der Waals surface area contributed by atoms with E-state index in [4.69, 9.17) is 4.74 Å². The smallest absolute Gasteiger partial charge is 0.261 e. The Kier molecular flexibility index (Phi) is 7.17. The van der Waals surface area contributed by atoms with Crippen molar-refractivity contribution in [1.29, 1.82) is 0 Å². The number of aryl methyl sites for hydroxylation is 1. The highest BCUT2D eigenvalue weighted by Gasteiger charge is 2.34. The van der Waals surface area contributed by atoms with Gasteiger partial charge in [0, 0.05) is 30.5 Å². The van der Waals surface area contributed by atoms with E-state index in [0.29, 0.717) is 31.7 Å². The maximum Gasteiger partial charge on any atom is 0.261 e. The molecule has 2 amide bonds. The minimum Gasteiger partial charge on any atom is -0.484 e. The lowest BCUT2D eigenvalue weighted by Gasteiger charge is -2.24. The van der Waals surface area contributed by atoms with Gasteiger partial charge in [0.05, 0.1) is 5.69 Å². The van der Waals surface area contributed by atoms with Gasteiger partial charge >= 0.3 is 0 Å². The van der Waals surface area contributed by atoms with Crippen LogP contribution in [-0.4, -0.2) is 47.4 Å². The molecule has 0 unspecified atom stereocenters. The largest absolute Gasteiger partial charge is 0.484 e. The second-order valence-corrected chi connectivity index (χ2v) is 8.76. The van der Waals surface area contributed by atoms with Gasteiger partial charge in [-0.1, -0.05) is 42.5 Å². The Labute approximate surface area is 192 Å². The Hall–Kier alpha value is -3.19. The quantitative estimate of drug-likeness (QED) is 0.567. The number of hydrogen-bond acceptors (Lipinski definition) is 5. The van der Waals surface area contributed by atoms with Crippen molar-refractivity contribution in [2.24, 2.45) is 0 Å². The Balaban J connectivity index is 1.25. The number of nitrogens with one attached hydrogen (secondary N) is 1. The molecule has 166 valence electrons. The van der Waals surface area contributed by atoms with Gasteiger partial charge in [0.25, 0.3) is 5.91 Å². The number of amides is 2. The zero-order valence-corrected chi connectivity index (χ0v) is 18.9. The molecule has 2 aromatic carbocycles. The van der Waals surface area contributed by atoms with E-state index in [-0.39, 0.29) is 18.4 Å². The van der Waals surface area contributed by atoms with E-state index in [2.05, 4.69) is 10.3 Å². The predicted molar refractivity (Wildman–Crippen MR) is 126 cm³/mol. The molecule has 1 aliphatic rings. The summed E-state index contributed by atoms with van der Waals surface area (Å²) in [5.41, 5.74) is 3.13. The van der Waals surface area contributed by atoms with Crippen LogP contribution < -0.4 is 10.1 Å². The topological polar surface area (TPSA) is 71.5 Å². The molecule has 2 heterocycles. The summed E-state index contributed by atoms with van der Waals surface area (Å²) in [5, 5.41) is 5.99. The first-order valence-electron chi connectivity index (χ1n) is 10.9. The molecule has 32 heavy (non-hydrogen) atoms. The molecule has 1 N–H and O–H groups in total. The van der Waals surface area contributed by atoms with Crippen LogP contribution in [0.2, 0.25) is 0 Å². The third-order valence-electron chi connectivity index (χ3n) is 5.48. The fourth-order valence-electron chi connectivity index (χ4n) is 3.84. The molecule has 1 aliphatic heterocycles. The van der Waals surface area contributed by atoms with Crippen molar-refractivity contribution in [3.05, 3.63) is 71.2 Å². The standard InChI is InChI=1S/C25H27N3O3S/c1-18-7-5-10-21(15-18)31-16-23(29)28-14-6-11-22(28)24(30)26-13-12-20-17-32-25(27-20)19-8-3-2-4-9-19/h2-5,7-10,15,17,22H,6,11-14,16H2,1H3,(H,26,30)/t22-/m1/s1. The molecule has 4 rings (SSSR count). The molecule has 1 atom stereocenters. The van der Waals surface area contributed by atoms with Crippen molar-refractivity contribution in [3.8, 4) is 16.3 Å². The van der Waals surface area contributed by atoms with E-state index in [1.807, 2.05) is 66.9 Å². The molecule has 0 saturated carbocycles. The highest BCUT2D eigenvalue weighted by Crippen LogP contribution is 2.23. The summed E-state index contributed by atoms with van der Waals surface area (Å²) in [6.07, 6.45) is 2.16. The van der Waals surface area contributed by atoms with Crippen LogP contribution in [0.3, 0.4) is 0 Å². The van der Waals surface area contributed by atoms with Crippen LogP contribution >= 0.6 is 11.3 Å². The maximum atomic E-state index is 12.7. The van der Waals surface area contributed by atoms with Gasteiger partial charge in [-0.05, 0) is 37.5 Å². The maximum absolute atomic E-state index is 12.7. The van der Waals surface area contributed by atoms with E-state index in [0.717, 1.165) is 28.2 Å². The van der Waals surface area contributed by atoms with Crippen molar-refractivity contribution >= 4 is 23.2 Å². The summed E-state index contributed by atoms with van der Waals surface area (Å²) in [7, 11) is 0. The minimum absolute atomic E-state index is 0.0612. The minimum atomic E-state index is -0.432. The van der Waals surface area contributed by atoms with Crippen LogP contribution in [0.5, 0.6) is 5.75 Å². The zero-order valence-electron chi connectivity index (χ0n) is 18.1. The van der Waals surface area contributed by atoms with E-state index in [1.54, 1.807) is 16.2 Å². The first-order chi connectivity index (χ1) is 15.6. The number of aromatic nitrogens is 1. The molecule has 1 fully saturated rings. The Morgan fingerprint density at radius 1 is 1.19 bits per heavy atom. The molecular formula is C25H27N3O3S. The molecule has 0 aliphatic carbocycles. The third kappa shape index (κ3) is 5.53. The van der Waals surface area contributed by atoms with E-state index < -0.39 is 6.04 Å². The number of carbonyl (C=O) groups is 2. The lowest BCUT2D eigenvalue weighted by Crippen LogP contribution is -2.47. The lowest BCUT2D eigenvalue weighted by molar-refractivity contribution is -0.139. The summed E-state index contributed by atoms with van der Waals surface area (Å²) in [4.78, 5) is 31.7. The molecule has 7 heteroatoms.